The average molecular weight is 431 g/mol. The predicted molar refractivity (Wildman–Crippen MR) is 111 cm³/mol. The van der Waals surface area contributed by atoms with Crippen molar-refractivity contribution in [3.63, 3.8) is 0 Å². The first-order valence-corrected chi connectivity index (χ1v) is 13.9. The SMILES string of the molecule is CC[C@@](COS(C)(=O)=O)(O[Si](C)(C)C(C)(C)C)/C([O-])=N/OCc1ccccc1. The summed E-state index contributed by atoms with van der Waals surface area (Å²) in [5, 5.41) is 16.5. The van der Waals surface area contributed by atoms with Gasteiger partial charge >= 0.3 is 0 Å². The van der Waals surface area contributed by atoms with E-state index < -0.39 is 36.5 Å². The molecule has 1 atom stereocenters. The highest BCUT2D eigenvalue weighted by atomic mass is 32.2. The maximum absolute atomic E-state index is 12.9. The topological polar surface area (TPSA) is 97.3 Å². The second-order valence-electron chi connectivity index (χ2n) is 8.33. The van der Waals surface area contributed by atoms with Gasteiger partial charge in [0, 0.05) is 5.90 Å². The molecule has 0 radical (unpaired) electrons. The second kappa shape index (κ2) is 9.38. The number of hydrogen-bond acceptors (Lipinski definition) is 7. The van der Waals surface area contributed by atoms with E-state index in [0.29, 0.717) is 0 Å². The molecule has 0 saturated carbocycles. The summed E-state index contributed by atoms with van der Waals surface area (Å²) in [7, 11) is -6.19. The summed E-state index contributed by atoms with van der Waals surface area (Å²) in [5.41, 5.74) is -0.665. The van der Waals surface area contributed by atoms with Crippen molar-refractivity contribution in [2.45, 2.75) is 64.5 Å². The molecule has 1 aromatic rings. The molecule has 0 N–H and O–H groups in total. The van der Waals surface area contributed by atoms with Crippen molar-refractivity contribution in [1.29, 1.82) is 0 Å². The summed E-state index contributed by atoms with van der Waals surface area (Å²) >= 11 is 0. The van der Waals surface area contributed by atoms with E-state index in [2.05, 4.69) is 5.16 Å². The van der Waals surface area contributed by atoms with Crippen LogP contribution in [-0.4, -0.2) is 41.1 Å². The lowest BCUT2D eigenvalue weighted by Crippen LogP contribution is -2.59. The van der Waals surface area contributed by atoms with Crippen LogP contribution in [0.25, 0.3) is 0 Å². The fraction of sp³-hybridized carbons (Fsp3) is 0.632. The lowest BCUT2D eigenvalue weighted by molar-refractivity contribution is -0.244. The Morgan fingerprint density at radius 3 is 2.21 bits per heavy atom. The highest BCUT2D eigenvalue weighted by molar-refractivity contribution is 7.85. The molecule has 28 heavy (non-hydrogen) atoms. The van der Waals surface area contributed by atoms with Crippen LogP contribution in [0.4, 0.5) is 0 Å². The number of nitrogens with zero attached hydrogens (tertiary/aromatic N) is 1. The first-order chi connectivity index (χ1) is 12.7. The van der Waals surface area contributed by atoms with Crippen molar-refractivity contribution in [1.82, 2.24) is 0 Å². The molecule has 0 spiro atoms. The molecule has 0 heterocycles. The van der Waals surface area contributed by atoms with Crippen LogP contribution in [0.3, 0.4) is 0 Å². The van der Waals surface area contributed by atoms with Crippen LogP contribution in [0.15, 0.2) is 35.5 Å². The zero-order valence-electron chi connectivity index (χ0n) is 17.8. The first kappa shape index (κ1) is 24.6. The minimum absolute atomic E-state index is 0.124. The molecular formula is C19H32NO6SSi-. The molecule has 0 aliphatic carbocycles. The van der Waals surface area contributed by atoms with Crippen LogP contribution in [0, 0.1) is 0 Å². The Morgan fingerprint density at radius 2 is 1.75 bits per heavy atom. The highest BCUT2D eigenvalue weighted by Gasteiger charge is 2.45. The summed E-state index contributed by atoms with van der Waals surface area (Å²) in [6.07, 6.45) is 1.14. The molecule has 7 nitrogen and oxygen atoms in total. The van der Waals surface area contributed by atoms with Gasteiger partial charge in [0.2, 0.25) is 0 Å². The van der Waals surface area contributed by atoms with E-state index in [1.165, 1.54) is 0 Å². The number of oxime groups is 1. The molecule has 160 valence electrons. The Balaban J connectivity index is 3.13. The zero-order valence-corrected chi connectivity index (χ0v) is 19.6. The zero-order chi connectivity index (χ0) is 21.6. The fourth-order valence-electron chi connectivity index (χ4n) is 2.13. The van der Waals surface area contributed by atoms with E-state index in [-0.39, 0.29) is 18.1 Å². The van der Waals surface area contributed by atoms with Crippen LogP contribution in [0.5, 0.6) is 0 Å². The van der Waals surface area contributed by atoms with Crippen LogP contribution in [0.1, 0.15) is 39.7 Å². The molecule has 1 aromatic carbocycles. The maximum atomic E-state index is 12.9. The normalized spacial score (nSPS) is 15.9. The summed E-state index contributed by atoms with van der Waals surface area (Å²) in [5.74, 6) is -0.681. The van der Waals surface area contributed by atoms with Gasteiger partial charge in [-0.05, 0) is 30.1 Å². The molecule has 0 aliphatic heterocycles. The van der Waals surface area contributed by atoms with Gasteiger partial charge in [-0.15, -0.1) is 5.16 Å². The van der Waals surface area contributed by atoms with Crippen LogP contribution >= 0.6 is 0 Å². The van der Waals surface area contributed by atoms with Gasteiger partial charge in [0.25, 0.3) is 10.1 Å². The Hall–Kier alpha value is -1.42. The van der Waals surface area contributed by atoms with Crippen LogP contribution in [0.2, 0.25) is 18.1 Å². The van der Waals surface area contributed by atoms with Gasteiger partial charge in [-0.3, -0.25) is 4.18 Å². The van der Waals surface area contributed by atoms with E-state index in [4.69, 9.17) is 13.4 Å². The van der Waals surface area contributed by atoms with E-state index in [1.54, 1.807) is 6.92 Å². The third kappa shape index (κ3) is 7.19. The predicted octanol–water partition coefficient (Wildman–Crippen LogP) is 3.02. The molecular weight excluding hydrogens is 398 g/mol. The summed E-state index contributed by atoms with van der Waals surface area (Å²) in [6.45, 7) is 11.5. The standard InChI is InChI=1S/C19H33NO6SSi/c1-8-19(15-25-27(5,22)23,26-28(6,7)18(2,3)4)17(21)20-24-14-16-12-10-9-11-13-16/h9-13H,8,14-15H2,1-7H3,(H,20,21)/p-1/t19-/m0/s1. The summed E-state index contributed by atoms with van der Waals surface area (Å²) < 4.78 is 34.4. The molecule has 0 fully saturated rings. The molecule has 0 amide bonds. The van der Waals surface area contributed by atoms with Crippen molar-refractivity contribution < 1.29 is 27.0 Å². The minimum Gasteiger partial charge on any atom is -0.857 e. The molecule has 0 saturated heterocycles. The van der Waals surface area contributed by atoms with E-state index in [1.807, 2.05) is 64.2 Å². The Labute approximate surface area is 169 Å². The first-order valence-electron chi connectivity index (χ1n) is 9.18. The summed E-state index contributed by atoms with van der Waals surface area (Å²) in [4.78, 5) is 5.23. The largest absolute Gasteiger partial charge is 0.857 e. The minimum atomic E-state index is -3.75. The molecule has 0 aliphatic rings. The van der Waals surface area contributed by atoms with Crippen molar-refractivity contribution >= 4 is 24.3 Å². The quantitative estimate of drug-likeness (QED) is 0.186. The van der Waals surface area contributed by atoms with E-state index in [9.17, 15) is 13.5 Å². The van der Waals surface area contributed by atoms with Gasteiger partial charge in [0.15, 0.2) is 8.32 Å². The second-order valence-corrected chi connectivity index (χ2v) is 14.7. The average Bonchev–Trinajstić information content (AvgIpc) is 2.57. The Bertz CT molecular complexity index is 758. The number of benzene rings is 1. The van der Waals surface area contributed by atoms with Gasteiger partial charge in [0.05, 0.1) is 12.9 Å². The van der Waals surface area contributed by atoms with Gasteiger partial charge in [-0.2, -0.15) is 8.42 Å². The fourth-order valence-corrected chi connectivity index (χ4v) is 4.10. The molecule has 0 bridgehead atoms. The van der Waals surface area contributed by atoms with Gasteiger partial charge in [0.1, 0.15) is 12.2 Å². The summed E-state index contributed by atoms with van der Waals surface area (Å²) in [6, 6.07) is 9.30. The van der Waals surface area contributed by atoms with Crippen LogP contribution in [-0.2, 0) is 30.2 Å². The van der Waals surface area contributed by atoms with Gasteiger partial charge in [-0.25, -0.2) is 0 Å². The maximum Gasteiger partial charge on any atom is 0.264 e. The van der Waals surface area contributed by atoms with Crippen molar-refractivity contribution in [2.75, 3.05) is 12.9 Å². The van der Waals surface area contributed by atoms with E-state index in [0.717, 1.165) is 11.8 Å². The molecule has 9 heteroatoms. The Kier molecular flexibility index (Phi) is 8.25. The van der Waals surface area contributed by atoms with Crippen LogP contribution < -0.4 is 5.11 Å². The monoisotopic (exact) mass is 430 g/mol. The Morgan fingerprint density at radius 1 is 1.18 bits per heavy atom. The lowest BCUT2D eigenvalue weighted by atomic mass is 10.0. The number of hydrogen-bond donors (Lipinski definition) is 0. The van der Waals surface area contributed by atoms with Crippen molar-refractivity contribution in [3.8, 4) is 0 Å². The molecule has 0 aromatic heterocycles. The third-order valence-corrected chi connectivity index (χ3v) is 10.0. The molecule has 0 unspecified atom stereocenters. The highest BCUT2D eigenvalue weighted by Crippen LogP contribution is 2.40. The van der Waals surface area contributed by atoms with Crippen molar-refractivity contribution in [3.05, 3.63) is 35.9 Å². The smallest absolute Gasteiger partial charge is 0.264 e. The third-order valence-electron chi connectivity index (χ3n) is 4.95. The molecule has 1 rings (SSSR count). The van der Waals surface area contributed by atoms with Crippen molar-refractivity contribution in [2.24, 2.45) is 5.16 Å². The van der Waals surface area contributed by atoms with Gasteiger partial charge < -0.3 is 14.4 Å². The number of rotatable bonds is 10. The van der Waals surface area contributed by atoms with Gasteiger partial charge in [-0.1, -0.05) is 58.0 Å². The lowest BCUT2D eigenvalue weighted by Gasteiger charge is -2.46. The van der Waals surface area contributed by atoms with E-state index >= 15 is 0 Å².